The van der Waals surface area contributed by atoms with Crippen LogP contribution in [0.4, 0.5) is 12.9 Å². The first kappa shape index (κ1) is 18.8. The molecule has 0 aliphatic rings. The second kappa shape index (κ2) is 7.82. The van der Waals surface area contributed by atoms with Gasteiger partial charge in [0, 0.05) is 12.2 Å². The van der Waals surface area contributed by atoms with Crippen molar-refractivity contribution in [1.29, 1.82) is 0 Å². The zero-order valence-electron chi connectivity index (χ0n) is 12.3. The number of aromatic nitrogens is 2. The zero-order chi connectivity index (χ0) is 14.8. The molecular weight excluding hydrogens is 307 g/mol. The molecule has 0 amide bonds. The van der Waals surface area contributed by atoms with Gasteiger partial charge in [0.05, 0.1) is 5.69 Å². The molecule has 0 radical (unpaired) electrons. The van der Waals surface area contributed by atoms with E-state index in [9.17, 15) is 12.9 Å². The maximum atomic E-state index is 12.6. The minimum atomic E-state index is -5.00. The Morgan fingerprint density at radius 1 is 1.24 bits per heavy atom. The van der Waals surface area contributed by atoms with Crippen LogP contribution in [0.2, 0.25) is 0 Å². The molecule has 0 saturated carbocycles. The molecule has 3 nitrogen and oxygen atoms in total. The van der Waals surface area contributed by atoms with Crippen molar-refractivity contribution in [3.63, 3.8) is 0 Å². The molecule has 2 rings (SSSR count). The fraction of sp³-hybridized carbons (Fsp3) is 0.308. The van der Waals surface area contributed by atoms with Gasteiger partial charge in [-0.15, -0.1) is 5.46 Å². The van der Waals surface area contributed by atoms with E-state index in [1.54, 1.807) is 10.7 Å². The van der Waals surface area contributed by atoms with E-state index in [0.717, 1.165) is 12.1 Å². The van der Waals surface area contributed by atoms with Gasteiger partial charge in [0.1, 0.15) is 12.4 Å². The maximum absolute atomic E-state index is 12.6. The minimum absolute atomic E-state index is 0. The van der Waals surface area contributed by atoms with Crippen molar-refractivity contribution in [3.05, 3.63) is 42.2 Å². The van der Waals surface area contributed by atoms with Gasteiger partial charge in [-0.25, -0.2) is 0 Å². The number of rotatable bonds is 5. The molecule has 1 aromatic heterocycles. The quantitative estimate of drug-likeness (QED) is 0.730. The first-order valence-electron chi connectivity index (χ1n) is 6.33. The molecule has 0 unspecified atom stereocenters. The molecule has 0 aliphatic carbocycles. The fourth-order valence-corrected chi connectivity index (χ4v) is 1.71. The van der Waals surface area contributed by atoms with E-state index in [4.69, 9.17) is 4.74 Å². The number of benzene rings is 1. The summed E-state index contributed by atoms with van der Waals surface area (Å²) in [6.45, 7) is -0.870. The van der Waals surface area contributed by atoms with E-state index in [1.807, 2.05) is 20.0 Å². The van der Waals surface area contributed by atoms with Gasteiger partial charge in [0.15, 0.2) is 0 Å². The van der Waals surface area contributed by atoms with Gasteiger partial charge in [-0.05, 0) is 32.0 Å². The summed E-state index contributed by atoms with van der Waals surface area (Å²) >= 11 is 0. The van der Waals surface area contributed by atoms with Crippen molar-refractivity contribution in [3.8, 4) is 5.75 Å². The monoisotopic (exact) mass is 322 g/mol. The summed E-state index contributed by atoms with van der Waals surface area (Å²) in [7, 11) is 0. The normalized spacial score (nSPS) is 11.3. The van der Waals surface area contributed by atoms with Crippen LogP contribution >= 0.6 is 0 Å². The molecule has 0 aliphatic heterocycles. The minimum Gasteiger partial charge on any atom is -0.487 e. The Bertz CT molecular complexity index is 587. The van der Waals surface area contributed by atoms with E-state index in [2.05, 4.69) is 5.10 Å². The Hall–Kier alpha value is -0.279. The van der Waals surface area contributed by atoms with Crippen molar-refractivity contribution in [2.24, 2.45) is 0 Å². The van der Waals surface area contributed by atoms with Crippen LogP contribution in [0.5, 0.6) is 5.75 Å². The van der Waals surface area contributed by atoms with E-state index in [1.165, 1.54) is 12.1 Å². The molecular formula is C13H15BF3KN2O. The molecule has 1 heterocycles. The third-order valence-electron chi connectivity index (χ3n) is 2.82. The van der Waals surface area contributed by atoms with Crippen molar-refractivity contribution in [1.82, 2.24) is 9.78 Å². The number of ether oxygens (including phenoxy) is 1. The molecule has 0 N–H and O–H groups in total. The van der Waals surface area contributed by atoms with Crippen molar-refractivity contribution in [2.75, 3.05) is 0 Å². The molecule has 0 bridgehead atoms. The largest absolute Gasteiger partial charge is 1.00 e. The third-order valence-corrected chi connectivity index (χ3v) is 2.82. The third kappa shape index (κ3) is 5.45. The smallest absolute Gasteiger partial charge is 0.487 e. The van der Waals surface area contributed by atoms with Gasteiger partial charge in [0.25, 0.3) is 0 Å². The summed E-state index contributed by atoms with van der Waals surface area (Å²) < 4.78 is 45.0. The average molecular weight is 322 g/mol. The number of halogens is 3. The predicted molar refractivity (Wildman–Crippen MR) is 72.1 cm³/mol. The van der Waals surface area contributed by atoms with Crippen LogP contribution in [0, 0.1) is 0 Å². The standard InChI is InChI=1S/C13H15BF3N2O.K/c1-10(2)19-7-6-12(18-19)9-20-13-5-3-4-11(8-13)14(15,16)17;/h3-8,10H,9H2,1-2H3;/q-1;+1. The van der Waals surface area contributed by atoms with Gasteiger partial charge in [-0.1, -0.05) is 12.1 Å². The van der Waals surface area contributed by atoms with Crippen LogP contribution in [-0.2, 0) is 6.61 Å². The van der Waals surface area contributed by atoms with Gasteiger partial charge >= 0.3 is 58.4 Å². The summed E-state index contributed by atoms with van der Waals surface area (Å²) in [5, 5.41) is 4.27. The molecule has 2 aromatic rings. The van der Waals surface area contributed by atoms with Crippen LogP contribution in [0.3, 0.4) is 0 Å². The summed E-state index contributed by atoms with van der Waals surface area (Å²) in [5.41, 5.74) is 0.0248. The predicted octanol–water partition coefficient (Wildman–Crippen LogP) is 0.101. The number of hydrogen-bond acceptors (Lipinski definition) is 2. The zero-order valence-corrected chi connectivity index (χ0v) is 15.4. The van der Waals surface area contributed by atoms with Gasteiger partial charge in [-0.3, -0.25) is 4.68 Å². The summed E-state index contributed by atoms with van der Waals surface area (Å²) in [6.07, 6.45) is 1.82. The average Bonchev–Trinajstić information content (AvgIpc) is 2.85. The van der Waals surface area contributed by atoms with Crippen molar-refractivity contribution >= 4 is 12.4 Å². The van der Waals surface area contributed by atoms with Crippen molar-refractivity contribution in [2.45, 2.75) is 26.5 Å². The number of nitrogens with zero attached hydrogens (tertiary/aromatic N) is 2. The Balaban J connectivity index is 0.00000220. The first-order chi connectivity index (χ1) is 9.36. The molecule has 21 heavy (non-hydrogen) atoms. The number of hydrogen-bond donors (Lipinski definition) is 0. The topological polar surface area (TPSA) is 27.1 Å². The molecule has 0 atom stereocenters. The van der Waals surface area contributed by atoms with Crippen LogP contribution in [0.1, 0.15) is 25.6 Å². The Kier molecular flexibility index (Phi) is 6.99. The SMILES string of the molecule is CC(C)n1ccc(COc2cccc([B-](F)(F)F)c2)n1.[K+]. The Labute approximate surface area is 164 Å². The summed E-state index contributed by atoms with van der Waals surface area (Å²) in [5.74, 6) is 0.195. The second-order valence-electron chi connectivity index (χ2n) is 4.82. The maximum Gasteiger partial charge on any atom is 1.00 e. The van der Waals surface area contributed by atoms with Crippen LogP contribution in [0.15, 0.2) is 36.5 Å². The van der Waals surface area contributed by atoms with Crippen LogP contribution in [0.25, 0.3) is 0 Å². The second-order valence-corrected chi connectivity index (χ2v) is 4.82. The molecule has 1 aromatic carbocycles. The van der Waals surface area contributed by atoms with Crippen molar-refractivity contribution < 1.29 is 69.1 Å². The fourth-order valence-electron chi connectivity index (χ4n) is 1.71. The molecule has 0 fully saturated rings. The van der Waals surface area contributed by atoms with Gasteiger partial charge in [-0.2, -0.15) is 5.10 Å². The van der Waals surface area contributed by atoms with E-state index < -0.39 is 12.4 Å². The first-order valence-corrected chi connectivity index (χ1v) is 6.33. The summed E-state index contributed by atoms with van der Waals surface area (Å²) in [6, 6.07) is 6.93. The van der Waals surface area contributed by atoms with Crippen LogP contribution in [-0.4, -0.2) is 16.8 Å². The van der Waals surface area contributed by atoms with E-state index in [-0.39, 0.29) is 69.8 Å². The molecule has 8 heteroatoms. The molecule has 0 saturated heterocycles. The summed E-state index contributed by atoms with van der Waals surface area (Å²) in [4.78, 5) is 0. The molecule has 108 valence electrons. The Morgan fingerprint density at radius 2 is 1.95 bits per heavy atom. The van der Waals surface area contributed by atoms with Crippen LogP contribution < -0.4 is 61.6 Å². The van der Waals surface area contributed by atoms with Gasteiger partial charge < -0.3 is 17.7 Å². The molecule has 0 spiro atoms. The van der Waals surface area contributed by atoms with E-state index in [0.29, 0.717) is 5.69 Å². The van der Waals surface area contributed by atoms with Gasteiger partial charge in [0.2, 0.25) is 0 Å². The van der Waals surface area contributed by atoms with E-state index >= 15 is 0 Å². The Morgan fingerprint density at radius 3 is 2.52 bits per heavy atom.